The van der Waals surface area contributed by atoms with E-state index in [-0.39, 0.29) is 0 Å². The van der Waals surface area contributed by atoms with Crippen LogP contribution in [0.25, 0.3) is 0 Å². The Kier molecular flexibility index (Phi) is 3.63. The van der Waals surface area contributed by atoms with Gasteiger partial charge in [-0.3, -0.25) is 0 Å². The van der Waals surface area contributed by atoms with Gasteiger partial charge in [-0.25, -0.2) is 0 Å². The second-order valence-electron chi connectivity index (χ2n) is 4.14. The SMILES string of the molecule is CNc1cc(N(CCOC)C2CC2)nc(N)n1. The van der Waals surface area contributed by atoms with Crippen molar-refractivity contribution in [3.05, 3.63) is 6.07 Å². The Hall–Kier alpha value is -1.56. The first-order chi connectivity index (χ1) is 8.24. The van der Waals surface area contributed by atoms with E-state index in [2.05, 4.69) is 20.2 Å². The third-order valence-corrected chi connectivity index (χ3v) is 2.80. The molecular formula is C11H19N5O. The van der Waals surface area contributed by atoms with Crippen LogP contribution >= 0.6 is 0 Å². The molecule has 6 heteroatoms. The molecule has 2 rings (SSSR count). The lowest BCUT2D eigenvalue weighted by atomic mass is 10.4. The van der Waals surface area contributed by atoms with Crippen LogP contribution in [0.3, 0.4) is 0 Å². The van der Waals surface area contributed by atoms with Gasteiger partial charge < -0.3 is 20.7 Å². The van der Waals surface area contributed by atoms with Crippen molar-refractivity contribution in [2.45, 2.75) is 18.9 Å². The number of anilines is 3. The predicted octanol–water partition coefficient (Wildman–Crippen LogP) is 0.716. The minimum Gasteiger partial charge on any atom is -0.383 e. The Morgan fingerprint density at radius 2 is 2.29 bits per heavy atom. The van der Waals surface area contributed by atoms with Gasteiger partial charge in [-0.15, -0.1) is 0 Å². The molecule has 0 aromatic carbocycles. The number of hydrogen-bond donors (Lipinski definition) is 2. The summed E-state index contributed by atoms with van der Waals surface area (Å²) in [5.41, 5.74) is 5.70. The molecule has 0 spiro atoms. The summed E-state index contributed by atoms with van der Waals surface area (Å²) in [5, 5.41) is 2.99. The van der Waals surface area contributed by atoms with E-state index in [4.69, 9.17) is 10.5 Å². The molecule has 0 radical (unpaired) electrons. The van der Waals surface area contributed by atoms with Gasteiger partial charge in [0.25, 0.3) is 0 Å². The molecule has 0 bridgehead atoms. The van der Waals surface area contributed by atoms with Crippen LogP contribution in [0.4, 0.5) is 17.6 Å². The Morgan fingerprint density at radius 3 is 2.88 bits per heavy atom. The van der Waals surface area contributed by atoms with Gasteiger partial charge in [-0.05, 0) is 12.8 Å². The Labute approximate surface area is 101 Å². The van der Waals surface area contributed by atoms with E-state index >= 15 is 0 Å². The molecule has 0 saturated heterocycles. The van der Waals surface area contributed by atoms with Crippen LogP contribution in [-0.2, 0) is 4.74 Å². The number of aromatic nitrogens is 2. The molecule has 1 aromatic heterocycles. The maximum atomic E-state index is 5.70. The minimum atomic E-state index is 0.301. The maximum absolute atomic E-state index is 5.70. The first-order valence-corrected chi connectivity index (χ1v) is 5.82. The highest BCUT2D eigenvalue weighted by Crippen LogP contribution is 2.31. The molecule has 0 unspecified atom stereocenters. The number of nitrogen functional groups attached to an aromatic ring is 1. The van der Waals surface area contributed by atoms with Crippen LogP contribution in [0, 0.1) is 0 Å². The number of nitrogens with two attached hydrogens (primary N) is 1. The molecule has 1 saturated carbocycles. The fourth-order valence-electron chi connectivity index (χ4n) is 1.79. The second kappa shape index (κ2) is 5.18. The summed E-state index contributed by atoms with van der Waals surface area (Å²) in [6.45, 7) is 1.52. The molecule has 1 heterocycles. The minimum absolute atomic E-state index is 0.301. The summed E-state index contributed by atoms with van der Waals surface area (Å²) < 4.78 is 5.13. The van der Waals surface area contributed by atoms with Gasteiger partial charge in [0, 0.05) is 32.8 Å². The van der Waals surface area contributed by atoms with Crippen LogP contribution in [0.5, 0.6) is 0 Å². The molecule has 6 nitrogen and oxygen atoms in total. The van der Waals surface area contributed by atoms with Gasteiger partial charge in [0.2, 0.25) is 5.95 Å². The zero-order valence-corrected chi connectivity index (χ0v) is 10.3. The van der Waals surface area contributed by atoms with E-state index in [9.17, 15) is 0 Å². The molecule has 1 aliphatic carbocycles. The normalized spacial score (nSPS) is 14.7. The van der Waals surface area contributed by atoms with Crippen molar-refractivity contribution in [2.24, 2.45) is 0 Å². The van der Waals surface area contributed by atoms with Crippen molar-refractivity contribution in [1.82, 2.24) is 9.97 Å². The summed E-state index contributed by atoms with van der Waals surface area (Å²) >= 11 is 0. The van der Waals surface area contributed by atoms with Crippen molar-refractivity contribution < 1.29 is 4.74 Å². The Balaban J connectivity index is 2.18. The fraction of sp³-hybridized carbons (Fsp3) is 0.636. The molecule has 0 atom stereocenters. The van der Waals surface area contributed by atoms with Crippen LogP contribution < -0.4 is 16.0 Å². The molecule has 0 aliphatic heterocycles. The Bertz CT molecular complexity index is 380. The molecule has 1 aliphatic rings. The highest BCUT2D eigenvalue weighted by molar-refractivity contribution is 5.53. The number of rotatable bonds is 6. The van der Waals surface area contributed by atoms with E-state index in [0.717, 1.165) is 18.2 Å². The number of hydrogen-bond acceptors (Lipinski definition) is 6. The predicted molar refractivity (Wildman–Crippen MR) is 68.2 cm³/mol. The summed E-state index contributed by atoms with van der Waals surface area (Å²) in [4.78, 5) is 10.6. The molecular weight excluding hydrogens is 218 g/mol. The number of nitrogens with one attached hydrogen (secondary N) is 1. The molecule has 1 fully saturated rings. The van der Waals surface area contributed by atoms with E-state index < -0.39 is 0 Å². The number of methoxy groups -OCH3 is 1. The Morgan fingerprint density at radius 1 is 1.53 bits per heavy atom. The molecule has 0 amide bonds. The quantitative estimate of drug-likeness (QED) is 0.759. The largest absolute Gasteiger partial charge is 0.383 e. The van der Waals surface area contributed by atoms with Gasteiger partial charge in [-0.1, -0.05) is 0 Å². The number of ether oxygens (including phenoxy) is 1. The first kappa shape index (κ1) is 11.9. The van der Waals surface area contributed by atoms with Crippen LogP contribution in [0.1, 0.15) is 12.8 Å². The van der Waals surface area contributed by atoms with Crippen LogP contribution in [0.2, 0.25) is 0 Å². The molecule has 94 valence electrons. The van der Waals surface area contributed by atoms with Crippen molar-refractivity contribution in [1.29, 1.82) is 0 Å². The maximum Gasteiger partial charge on any atom is 0.223 e. The topological polar surface area (TPSA) is 76.3 Å². The average molecular weight is 237 g/mol. The number of nitrogens with zero attached hydrogens (tertiary/aromatic N) is 3. The van der Waals surface area contributed by atoms with Gasteiger partial charge in [0.1, 0.15) is 11.6 Å². The summed E-state index contributed by atoms with van der Waals surface area (Å²) in [5.74, 6) is 1.92. The summed E-state index contributed by atoms with van der Waals surface area (Å²) in [7, 11) is 3.53. The van der Waals surface area contributed by atoms with Crippen molar-refractivity contribution in [3.8, 4) is 0 Å². The van der Waals surface area contributed by atoms with Crippen molar-refractivity contribution in [2.75, 3.05) is 43.3 Å². The molecule has 17 heavy (non-hydrogen) atoms. The highest BCUT2D eigenvalue weighted by Gasteiger charge is 2.30. The van der Waals surface area contributed by atoms with Gasteiger partial charge >= 0.3 is 0 Å². The van der Waals surface area contributed by atoms with Crippen molar-refractivity contribution >= 4 is 17.6 Å². The van der Waals surface area contributed by atoms with E-state index in [1.807, 2.05) is 13.1 Å². The third kappa shape index (κ3) is 2.97. The van der Waals surface area contributed by atoms with Gasteiger partial charge in [0.15, 0.2) is 0 Å². The van der Waals surface area contributed by atoms with Crippen LogP contribution in [-0.4, -0.2) is 43.3 Å². The van der Waals surface area contributed by atoms with E-state index in [1.54, 1.807) is 7.11 Å². The van der Waals surface area contributed by atoms with Crippen molar-refractivity contribution in [3.63, 3.8) is 0 Å². The van der Waals surface area contributed by atoms with Gasteiger partial charge in [0.05, 0.1) is 6.61 Å². The average Bonchev–Trinajstić information content (AvgIpc) is 3.13. The third-order valence-electron chi connectivity index (χ3n) is 2.80. The van der Waals surface area contributed by atoms with E-state index in [0.29, 0.717) is 18.6 Å². The lowest BCUT2D eigenvalue weighted by molar-refractivity contribution is 0.204. The summed E-state index contributed by atoms with van der Waals surface area (Å²) in [6, 6.07) is 2.49. The molecule has 1 aromatic rings. The lowest BCUT2D eigenvalue weighted by Gasteiger charge is -2.23. The first-order valence-electron chi connectivity index (χ1n) is 5.82. The summed E-state index contributed by atoms with van der Waals surface area (Å²) in [6.07, 6.45) is 2.42. The van der Waals surface area contributed by atoms with E-state index in [1.165, 1.54) is 12.8 Å². The van der Waals surface area contributed by atoms with Gasteiger partial charge in [-0.2, -0.15) is 9.97 Å². The lowest BCUT2D eigenvalue weighted by Crippen LogP contribution is -2.30. The monoisotopic (exact) mass is 237 g/mol. The highest BCUT2D eigenvalue weighted by atomic mass is 16.5. The zero-order chi connectivity index (χ0) is 12.3. The second-order valence-corrected chi connectivity index (χ2v) is 4.14. The smallest absolute Gasteiger partial charge is 0.223 e. The zero-order valence-electron chi connectivity index (χ0n) is 10.3. The fourth-order valence-corrected chi connectivity index (χ4v) is 1.79. The standard InChI is InChI=1S/C11H19N5O/c1-13-9-7-10(15-11(12)14-9)16(5-6-17-2)8-3-4-8/h7-8H,3-6H2,1-2H3,(H3,12,13,14,15). The van der Waals surface area contributed by atoms with Crippen LogP contribution in [0.15, 0.2) is 6.07 Å². The molecule has 3 N–H and O–H groups in total.